The Morgan fingerprint density at radius 1 is 0.825 bits per heavy atom. The van der Waals surface area contributed by atoms with E-state index in [-0.39, 0.29) is 43.4 Å². The number of fused-ring (bicyclic) bond motifs is 2. The molecule has 1 unspecified atom stereocenters. The Labute approximate surface area is 368 Å². The number of carbonyl (C=O) groups is 4. The summed E-state index contributed by atoms with van der Waals surface area (Å²) in [6.07, 6.45) is 3.62. The second-order valence-electron chi connectivity index (χ2n) is 15.2. The number of rotatable bonds is 20. The summed E-state index contributed by atoms with van der Waals surface area (Å²) in [6.45, 7) is 4.11. The maximum Gasteiger partial charge on any atom is 0.255 e. The van der Waals surface area contributed by atoms with Crippen LogP contribution in [0, 0.1) is 0 Å². The minimum atomic E-state index is -0.637. The molecule has 3 aliphatic rings. The molecule has 2 fully saturated rings. The highest BCUT2D eigenvalue weighted by molar-refractivity contribution is 7.99. The van der Waals surface area contributed by atoms with Gasteiger partial charge in [0, 0.05) is 47.8 Å². The fourth-order valence-electron chi connectivity index (χ4n) is 7.95. The molecular weight excluding hydrogens is 829 g/mol. The number of piperidine rings is 2. The highest BCUT2D eigenvalue weighted by atomic mass is 32.2. The zero-order chi connectivity index (χ0) is 43.5. The number of nitrogens with one attached hydrogen (secondary N) is 1. The molecule has 0 bridgehead atoms. The van der Waals surface area contributed by atoms with Crippen LogP contribution in [0.2, 0.25) is 0 Å². The first-order valence-electron chi connectivity index (χ1n) is 21.1. The number of likely N-dealkylation sites (tertiary alicyclic amines) is 1. The number of para-hydroxylation sites is 1. The van der Waals surface area contributed by atoms with E-state index >= 15 is 0 Å². The van der Waals surface area contributed by atoms with Crippen molar-refractivity contribution in [2.75, 3.05) is 77.4 Å². The number of hydrogen-bond acceptors (Lipinski definition) is 14. The zero-order valence-electron chi connectivity index (χ0n) is 34.8. The molecule has 0 spiro atoms. The summed E-state index contributed by atoms with van der Waals surface area (Å²) < 4.78 is 30.5. The van der Waals surface area contributed by atoms with E-state index in [0.717, 1.165) is 34.6 Å². The molecule has 3 aromatic carbocycles. The van der Waals surface area contributed by atoms with Crippen LogP contribution in [0.25, 0.3) is 22.3 Å². The summed E-state index contributed by atoms with van der Waals surface area (Å²) in [5, 5.41) is 8.00. The number of nitrogens with zero attached hydrogens (tertiary/aromatic N) is 6. The Hall–Kier alpha value is -5.92. The molecule has 5 aromatic rings. The van der Waals surface area contributed by atoms with Crippen molar-refractivity contribution in [1.29, 1.82) is 0 Å². The Morgan fingerprint density at radius 2 is 1.56 bits per heavy atom. The number of hydrogen-bond donors (Lipinski definition) is 2. The molecule has 18 heteroatoms. The maximum absolute atomic E-state index is 13.2. The van der Waals surface area contributed by atoms with Gasteiger partial charge in [0.05, 0.1) is 57.7 Å². The summed E-state index contributed by atoms with van der Waals surface area (Å²) in [5.74, 6) is 1.46. The quantitative estimate of drug-likeness (QED) is 0.0622. The molecule has 2 saturated heterocycles. The van der Waals surface area contributed by atoms with Gasteiger partial charge in [-0.05, 0) is 73.4 Å². The lowest BCUT2D eigenvalue weighted by atomic mass is 10.0. The molecule has 5 heterocycles. The number of ether oxygens (including phenoxy) is 5. The second kappa shape index (κ2) is 21.0. The molecule has 2 aromatic heterocycles. The Balaban J connectivity index is 0.695. The highest BCUT2D eigenvalue weighted by Gasteiger charge is 2.40. The van der Waals surface area contributed by atoms with E-state index in [1.807, 2.05) is 76.3 Å². The van der Waals surface area contributed by atoms with Crippen molar-refractivity contribution in [3.8, 4) is 22.8 Å². The Morgan fingerprint density at radius 3 is 2.32 bits per heavy atom. The smallest absolute Gasteiger partial charge is 0.255 e. The summed E-state index contributed by atoms with van der Waals surface area (Å²) in [4.78, 5) is 63.4. The van der Waals surface area contributed by atoms with Gasteiger partial charge >= 0.3 is 0 Å². The summed E-state index contributed by atoms with van der Waals surface area (Å²) in [5.41, 5.74) is 10.0. The van der Waals surface area contributed by atoms with Gasteiger partial charge in [-0.1, -0.05) is 24.3 Å². The third-order valence-corrected chi connectivity index (χ3v) is 12.2. The molecule has 3 aliphatic heterocycles. The number of amides is 4. The topological polar surface area (TPSA) is 203 Å². The molecule has 0 saturated carbocycles. The fourth-order valence-corrected chi connectivity index (χ4v) is 8.90. The lowest BCUT2D eigenvalue weighted by molar-refractivity contribution is -0.139. The van der Waals surface area contributed by atoms with E-state index < -0.39 is 11.9 Å². The van der Waals surface area contributed by atoms with Gasteiger partial charge in [-0.15, -0.1) is 11.8 Å². The highest BCUT2D eigenvalue weighted by Crippen LogP contribution is 2.36. The van der Waals surface area contributed by atoms with Crippen LogP contribution in [-0.4, -0.2) is 131 Å². The van der Waals surface area contributed by atoms with Crippen molar-refractivity contribution in [3.05, 3.63) is 90.3 Å². The Bertz CT molecular complexity index is 2400. The summed E-state index contributed by atoms with van der Waals surface area (Å²) in [6, 6.07) is 22.1. The lowest BCUT2D eigenvalue weighted by Gasteiger charge is -2.33. The van der Waals surface area contributed by atoms with Gasteiger partial charge in [0.15, 0.2) is 5.65 Å². The first kappa shape index (κ1) is 43.7. The second-order valence-corrected chi connectivity index (χ2v) is 16.4. The van der Waals surface area contributed by atoms with Gasteiger partial charge in [-0.25, -0.2) is 14.6 Å². The van der Waals surface area contributed by atoms with Crippen LogP contribution in [0.15, 0.2) is 84.0 Å². The minimum absolute atomic E-state index is 0.0501. The molecule has 0 aliphatic carbocycles. The standard InChI is InChI=1S/C45H50N8O9S/c46-42-40-41(30-11-13-33(14-12-30)62-32-7-2-1-3-8-32)50-53(43(40)48-29-47-42)31-6-5-17-51(26-31)39(55)28-61-23-22-59-19-18-58-20-21-60-24-25-63-37-10-4-9-34-35(37)27-52(45(34)57)36-15-16-38(54)49-44(36)56/h1-4,7-14,29,31,36H,5-6,15-28H2,(H2,46,47,48)(H,49,54,56)/t31-,36?/m1/s1. The van der Waals surface area contributed by atoms with Crippen molar-refractivity contribution in [1.82, 2.24) is 34.9 Å². The van der Waals surface area contributed by atoms with Gasteiger partial charge in [0.2, 0.25) is 17.7 Å². The molecule has 8 rings (SSSR count). The normalized spacial score (nSPS) is 17.6. The van der Waals surface area contributed by atoms with Gasteiger partial charge < -0.3 is 39.2 Å². The number of nitrogen functional groups attached to an aromatic ring is 1. The molecule has 0 radical (unpaired) electrons. The number of thioether (sulfide) groups is 1. The largest absolute Gasteiger partial charge is 0.457 e. The van der Waals surface area contributed by atoms with Crippen LogP contribution in [0.4, 0.5) is 5.82 Å². The average molecular weight is 879 g/mol. The van der Waals surface area contributed by atoms with Crippen LogP contribution in [0.5, 0.6) is 11.5 Å². The molecule has 3 N–H and O–H groups in total. The summed E-state index contributed by atoms with van der Waals surface area (Å²) >= 11 is 1.60. The molecular formula is C45H50N8O9S. The van der Waals surface area contributed by atoms with Gasteiger partial charge in [0.1, 0.15) is 42.0 Å². The van der Waals surface area contributed by atoms with Crippen molar-refractivity contribution in [2.45, 2.75) is 49.2 Å². The molecule has 17 nitrogen and oxygen atoms in total. The monoisotopic (exact) mass is 878 g/mol. The fraction of sp³-hybridized carbons (Fsp3) is 0.400. The van der Waals surface area contributed by atoms with Crippen molar-refractivity contribution >= 4 is 52.2 Å². The third-order valence-electron chi connectivity index (χ3n) is 11.1. The summed E-state index contributed by atoms with van der Waals surface area (Å²) in [7, 11) is 0. The van der Waals surface area contributed by atoms with Crippen LogP contribution in [0.1, 0.15) is 47.6 Å². The number of aromatic nitrogens is 4. The molecule has 2 atom stereocenters. The van der Waals surface area contributed by atoms with Gasteiger partial charge in [0.25, 0.3) is 5.91 Å². The lowest BCUT2D eigenvalue weighted by Crippen LogP contribution is -2.52. The van der Waals surface area contributed by atoms with E-state index in [4.69, 9.17) is 34.5 Å². The minimum Gasteiger partial charge on any atom is -0.457 e. The van der Waals surface area contributed by atoms with Crippen LogP contribution in [0.3, 0.4) is 0 Å². The number of benzene rings is 3. The molecule has 4 amide bonds. The van der Waals surface area contributed by atoms with Crippen LogP contribution >= 0.6 is 11.8 Å². The predicted molar refractivity (Wildman–Crippen MR) is 233 cm³/mol. The number of anilines is 1. The Kier molecular flexibility index (Phi) is 14.5. The average Bonchev–Trinajstić information content (AvgIpc) is 3.86. The number of carbonyl (C=O) groups excluding carboxylic acids is 4. The van der Waals surface area contributed by atoms with E-state index in [1.165, 1.54) is 6.33 Å². The SMILES string of the molecule is Nc1ncnc2c1c(-c1ccc(Oc3ccccc3)cc1)nn2[C@@H]1CCCN(C(=O)COCCOCCOCCOCCSc2cccc3c2CN(C2CCC(=O)NC2=O)C3=O)C1. The third kappa shape index (κ3) is 10.7. The van der Waals surface area contributed by atoms with Crippen molar-refractivity contribution in [3.63, 3.8) is 0 Å². The van der Waals surface area contributed by atoms with Crippen molar-refractivity contribution < 1.29 is 42.9 Å². The first-order valence-corrected chi connectivity index (χ1v) is 22.1. The first-order chi connectivity index (χ1) is 30.8. The van der Waals surface area contributed by atoms with Crippen LogP contribution < -0.4 is 15.8 Å². The molecule has 63 heavy (non-hydrogen) atoms. The van der Waals surface area contributed by atoms with Gasteiger partial charge in [-0.2, -0.15) is 5.10 Å². The molecule has 330 valence electrons. The van der Waals surface area contributed by atoms with E-state index in [0.29, 0.717) is 105 Å². The van der Waals surface area contributed by atoms with E-state index in [9.17, 15) is 19.2 Å². The zero-order valence-corrected chi connectivity index (χ0v) is 35.6. The van der Waals surface area contributed by atoms with E-state index in [1.54, 1.807) is 22.7 Å². The number of imide groups is 1. The van der Waals surface area contributed by atoms with Crippen molar-refractivity contribution in [2.24, 2.45) is 0 Å². The van der Waals surface area contributed by atoms with Gasteiger partial charge in [-0.3, -0.25) is 24.5 Å². The number of nitrogens with two attached hydrogens (primary N) is 1. The van der Waals surface area contributed by atoms with E-state index in [2.05, 4.69) is 15.3 Å². The predicted octanol–water partition coefficient (Wildman–Crippen LogP) is 4.65. The van der Waals surface area contributed by atoms with Crippen LogP contribution in [-0.2, 0) is 39.9 Å². The maximum atomic E-state index is 13.2.